The minimum Gasteiger partial charge on any atom is -0.508 e. The highest BCUT2D eigenvalue weighted by molar-refractivity contribution is 5.98. The molecule has 0 aliphatic carbocycles. The van der Waals surface area contributed by atoms with Crippen LogP contribution in [0, 0.1) is 12.8 Å². The summed E-state index contributed by atoms with van der Waals surface area (Å²) in [5, 5.41) is 17.9. The number of hydrogen-bond donors (Lipinski definition) is 4. The smallest absolute Gasteiger partial charge is 0.252 e. The van der Waals surface area contributed by atoms with Crippen molar-refractivity contribution in [3.05, 3.63) is 65.2 Å². The van der Waals surface area contributed by atoms with Gasteiger partial charge >= 0.3 is 0 Å². The fourth-order valence-corrected chi connectivity index (χ4v) is 3.14. The lowest BCUT2D eigenvalue weighted by Gasteiger charge is -2.20. The minimum atomic E-state index is -0.631. The monoisotopic (exact) mass is 425 g/mol. The van der Waals surface area contributed by atoms with E-state index in [-0.39, 0.29) is 29.4 Å². The molecule has 1 atom stereocenters. The average molecular weight is 426 g/mol. The second-order valence-electron chi connectivity index (χ2n) is 7.92. The SMILES string of the molecule is Cc1ccccc1C(=O)NC(CC(C)C)C(=O)NCCCNC(=O)c1cccc(O)c1. The number of benzene rings is 2. The number of aryl methyl sites for hydroxylation is 1. The molecule has 0 aliphatic heterocycles. The van der Waals surface area contributed by atoms with Gasteiger partial charge in [0.15, 0.2) is 0 Å². The maximum absolute atomic E-state index is 12.6. The van der Waals surface area contributed by atoms with Crippen LogP contribution in [0.4, 0.5) is 0 Å². The molecule has 31 heavy (non-hydrogen) atoms. The third kappa shape index (κ3) is 7.77. The first kappa shape index (κ1) is 23.9. The summed E-state index contributed by atoms with van der Waals surface area (Å²) in [7, 11) is 0. The van der Waals surface area contributed by atoms with Crippen LogP contribution in [0.2, 0.25) is 0 Å². The lowest BCUT2D eigenvalue weighted by atomic mass is 10.0. The van der Waals surface area contributed by atoms with Gasteiger partial charge in [-0.15, -0.1) is 0 Å². The molecule has 2 aromatic carbocycles. The molecule has 0 saturated carbocycles. The predicted octanol–water partition coefficient (Wildman–Crippen LogP) is 2.78. The van der Waals surface area contributed by atoms with E-state index in [1.54, 1.807) is 24.3 Å². The van der Waals surface area contributed by atoms with Crippen LogP contribution in [0.1, 0.15) is 53.0 Å². The molecule has 0 saturated heterocycles. The van der Waals surface area contributed by atoms with E-state index in [0.717, 1.165) is 5.56 Å². The lowest BCUT2D eigenvalue weighted by molar-refractivity contribution is -0.123. The van der Waals surface area contributed by atoms with Gasteiger partial charge in [-0.1, -0.05) is 38.1 Å². The number of carbonyl (C=O) groups excluding carboxylic acids is 3. The third-order valence-electron chi connectivity index (χ3n) is 4.77. The first-order chi connectivity index (χ1) is 14.8. The molecule has 0 heterocycles. The topological polar surface area (TPSA) is 108 Å². The standard InChI is InChI=1S/C24H31N3O4/c1-16(2)14-21(27-23(30)20-11-5-4-8-17(20)3)24(31)26-13-7-12-25-22(29)18-9-6-10-19(28)15-18/h4-6,8-11,15-16,21,28H,7,12-14H2,1-3H3,(H,25,29)(H,26,31)(H,27,30). The zero-order chi connectivity index (χ0) is 22.8. The summed E-state index contributed by atoms with van der Waals surface area (Å²) in [6, 6.07) is 12.7. The van der Waals surface area contributed by atoms with E-state index in [2.05, 4.69) is 16.0 Å². The second kappa shape index (κ2) is 11.7. The lowest BCUT2D eigenvalue weighted by Crippen LogP contribution is -2.48. The number of amides is 3. The average Bonchev–Trinajstić information content (AvgIpc) is 2.72. The number of aromatic hydroxyl groups is 1. The Bertz CT molecular complexity index is 911. The third-order valence-corrected chi connectivity index (χ3v) is 4.77. The summed E-state index contributed by atoms with van der Waals surface area (Å²) in [6.07, 6.45) is 1.06. The summed E-state index contributed by atoms with van der Waals surface area (Å²) in [6.45, 7) is 6.60. The largest absolute Gasteiger partial charge is 0.508 e. The molecule has 1 unspecified atom stereocenters. The van der Waals surface area contributed by atoms with Gasteiger partial charge in [-0.05, 0) is 55.5 Å². The number of hydrogen-bond acceptors (Lipinski definition) is 4. The molecule has 0 aliphatic rings. The number of phenolic OH excluding ortho intramolecular Hbond substituents is 1. The Kier molecular flexibility index (Phi) is 9.06. The van der Waals surface area contributed by atoms with E-state index in [1.165, 1.54) is 12.1 Å². The highest BCUT2D eigenvalue weighted by Crippen LogP contribution is 2.11. The first-order valence-corrected chi connectivity index (χ1v) is 10.5. The zero-order valence-corrected chi connectivity index (χ0v) is 18.3. The van der Waals surface area contributed by atoms with E-state index in [0.29, 0.717) is 37.1 Å². The van der Waals surface area contributed by atoms with Crippen LogP contribution in [-0.2, 0) is 4.79 Å². The molecule has 0 spiro atoms. The van der Waals surface area contributed by atoms with Gasteiger partial charge in [0.05, 0.1) is 0 Å². The minimum absolute atomic E-state index is 0.0313. The second-order valence-corrected chi connectivity index (χ2v) is 7.92. The quantitative estimate of drug-likeness (QED) is 0.439. The highest BCUT2D eigenvalue weighted by atomic mass is 16.3. The molecule has 0 fully saturated rings. The van der Waals surface area contributed by atoms with Gasteiger partial charge in [-0.2, -0.15) is 0 Å². The van der Waals surface area contributed by atoms with Crippen LogP contribution in [0.3, 0.4) is 0 Å². The fraction of sp³-hybridized carbons (Fsp3) is 0.375. The molecule has 0 radical (unpaired) electrons. The van der Waals surface area contributed by atoms with E-state index in [1.807, 2.05) is 32.9 Å². The summed E-state index contributed by atoms with van der Waals surface area (Å²) < 4.78 is 0. The number of phenols is 1. The maximum atomic E-state index is 12.6. The number of carbonyl (C=O) groups is 3. The molecule has 0 aromatic heterocycles. The van der Waals surface area contributed by atoms with Gasteiger partial charge in [0.2, 0.25) is 5.91 Å². The van der Waals surface area contributed by atoms with Gasteiger partial charge in [0.25, 0.3) is 11.8 Å². The van der Waals surface area contributed by atoms with Crippen LogP contribution in [0.15, 0.2) is 48.5 Å². The van der Waals surface area contributed by atoms with Gasteiger partial charge in [0.1, 0.15) is 11.8 Å². The van der Waals surface area contributed by atoms with Crippen molar-refractivity contribution in [3.8, 4) is 5.75 Å². The Hall–Kier alpha value is -3.35. The summed E-state index contributed by atoms with van der Waals surface area (Å²) in [5.74, 6) is -0.532. The van der Waals surface area contributed by atoms with Gasteiger partial charge in [0, 0.05) is 24.2 Å². The van der Waals surface area contributed by atoms with Crippen molar-refractivity contribution in [3.63, 3.8) is 0 Å². The molecule has 3 amide bonds. The van der Waals surface area contributed by atoms with E-state index in [4.69, 9.17) is 0 Å². The predicted molar refractivity (Wildman–Crippen MR) is 120 cm³/mol. The molecular weight excluding hydrogens is 394 g/mol. The van der Waals surface area contributed by atoms with E-state index >= 15 is 0 Å². The molecule has 0 bridgehead atoms. The zero-order valence-electron chi connectivity index (χ0n) is 18.3. The van der Waals surface area contributed by atoms with Crippen molar-refractivity contribution in [1.82, 2.24) is 16.0 Å². The van der Waals surface area contributed by atoms with Crippen LogP contribution in [-0.4, -0.2) is 42.0 Å². The van der Waals surface area contributed by atoms with Gasteiger partial charge in [-0.25, -0.2) is 0 Å². The van der Waals surface area contributed by atoms with Crippen molar-refractivity contribution < 1.29 is 19.5 Å². The summed E-state index contributed by atoms with van der Waals surface area (Å²) in [5.41, 5.74) is 1.78. The Balaban J connectivity index is 1.82. The van der Waals surface area contributed by atoms with E-state index < -0.39 is 6.04 Å². The normalized spacial score (nSPS) is 11.6. The van der Waals surface area contributed by atoms with E-state index in [9.17, 15) is 19.5 Å². The van der Waals surface area contributed by atoms with Crippen molar-refractivity contribution in [2.75, 3.05) is 13.1 Å². The Morgan fingerprint density at radius 2 is 1.65 bits per heavy atom. The Morgan fingerprint density at radius 1 is 0.935 bits per heavy atom. The fourth-order valence-electron chi connectivity index (χ4n) is 3.14. The summed E-state index contributed by atoms with van der Waals surface area (Å²) >= 11 is 0. The van der Waals surface area contributed by atoms with Crippen LogP contribution >= 0.6 is 0 Å². The Labute approximate surface area is 183 Å². The van der Waals surface area contributed by atoms with Crippen LogP contribution in [0.5, 0.6) is 5.75 Å². The first-order valence-electron chi connectivity index (χ1n) is 10.5. The molecule has 7 heteroatoms. The number of rotatable bonds is 10. The van der Waals surface area contributed by atoms with Gasteiger partial charge in [-0.3, -0.25) is 14.4 Å². The highest BCUT2D eigenvalue weighted by Gasteiger charge is 2.22. The molecule has 7 nitrogen and oxygen atoms in total. The molecule has 4 N–H and O–H groups in total. The van der Waals surface area contributed by atoms with Crippen molar-refractivity contribution >= 4 is 17.7 Å². The van der Waals surface area contributed by atoms with Crippen LogP contribution < -0.4 is 16.0 Å². The maximum Gasteiger partial charge on any atom is 0.252 e. The molecule has 166 valence electrons. The summed E-state index contributed by atoms with van der Waals surface area (Å²) in [4.78, 5) is 37.3. The molecule has 2 aromatic rings. The molecule has 2 rings (SSSR count). The number of nitrogens with one attached hydrogen (secondary N) is 3. The van der Waals surface area contributed by atoms with Crippen molar-refractivity contribution in [2.24, 2.45) is 5.92 Å². The Morgan fingerprint density at radius 3 is 2.32 bits per heavy atom. The van der Waals surface area contributed by atoms with Crippen LogP contribution in [0.25, 0.3) is 0 Å². The van der Waals surface area contributed by atoms with Crippen molar-refractivity contribution in [1.29, 1.82) is 0 Å². The van der Waals surface area contributed by atoms with Crippen molar-refractivity contribution in [2.45, 2.75) is 39.7 Å². The molecular formula is C24H31N3O4. The van der Waals surface area contributed by atoms with Gasteiger partial charge < -0.3 is 21.1 Å².